The Balaban J connectivity index is 4.18. The number of nitrogens with one attached hydrogen (secondary N) is 1. The molecule has 2 N–H and O–H groups in total. The lowest BCUT2D eigenvalue weighted by molar-refractivity contribution is -0.141. The average Bonchev–Trinajstić information content (AvgIpc) is 2.11. The van der Waals surface area contributed by atoms with Gasteiger partial charge in [0.05, 0.1) is 5.75 Å². The molecule has 4 nitrogen and oxygen atoms in total. The van der Waals surface area contributed by atoms with E-state index in [9.17, 15) is 22.8 Å². The summed E-state index contributed by atoms with van der Waals surface area (Å²) in [5, 5.41) is 10.8. The normalized spacial score (nSPS) is 13.5. The molecule has 0 rings (SSSR count). The summed E-state index contributed by atoms with van der Waals surface area (Å²) in [6.07, 6.45) is 0.178. The van der Waals surface area contributed by atoms with Gasteiger partial charge in [0, 0.05) is 0 Å². The van der Waals surface area contributed by atoms with Gasteiger partial charge in [-0.05, 0) is 24.1 Å². The molecule has 0 saturated carbocycles. The fraction of sp³-hybridized carbons (Fsp3) is 0.778. The number of carbonyl (C=O) groups is 2. The van der Waals surface area contributed by atoms with Gasteiger partial charge in [-0.2, -0.15) is 13.2 Å². The first-order valence-electron chi connectivity index (χ1n) is 4.84. The van der Waals surface area contributed by atoms with E-state index in [4.69, 9.17) is 5.11 Å². The van der Waals surface area contributed by atoms with E-state index in [1.165, 1.54) is 0 Å². The fourth-order valence-electron chi connectivity index (χ4n) is 1.08. The molecule has 0 saturated heterocycles. The molecule has 0 spiro atoms. The standard InChI is InChI=1S/C9H14F3NO3S/c1-5(2)3-6(8(15)16)13-7(14)4-17-9(10,11)12/h5-6H,3-4H2,1-2H3,(H,13,14)(H,15,16)/t6-/m0/s1. The summed E-state index contributed by atoms with van der Waals surface area (Å²) in [4.78, 5) is 21.8. The summed E-state index contributed by atoms with van der Waals surface area (Å²) in [6, 6.07) is -1.14. The zero-order valence-electron chi connectivity index (χ0n) is 9.37. The number of rotatable bonds is 6. The van der Waals surface area contributed by atoms with Crippen LogP contribution in [0.25, 0.3) is 0 Å². The van der Waals surface area contributed by atoms with Crippen molar-refractivity contribution in [2.75, 3.05) is 5.75 Å². The molecule has 1 atom stereocenters. The molecule has 0 aliphatic carbocycles. The van der Waals surface area contributed by atoms with E-state index >= 15 is 0 Å². The van der Waals surface area contributed by atoms with Crippen LogP contribution in [0.4, 0.5) is 13.2 Å². The highest BCUT2D eigenvalue weighted by molar-refractivity contribution is 8.00. The topological polar surface area (TPSA) is 66.4 Å². The zero-order chi connectivity index (χ0) is 13.6. The van der Waals surface area contributed by atoms with Crippen LogP contribution in [-0.4, -0.2) is 34.3 Å². The summed E-state index contributed by atoms with van der Waals surface area (Å²) in [5.41, 5.74) is -4.49. The number of carboxylic acids is 1. The Hall–Kier alpha value is -0.920. The lowest BCUT2D eigenvalue weighted by Gasteiger charge is -2.16. The highest BCUT2D eigenvalue weighted by Gasteiger charge is 2.30. The van der Waals surface area contributed by atoms with Crippen LogP contribution in [0.2, 0.25) is 0 Å². The maximum Gasteiger partial charge on any atom is 0.442 e. The van der Waals surface area contributed by atoms with Crippen molar-refractivity contribution in [2.24, 2.45) is 5.92 Å². The smallest absolute Gasteiger partial charge is 0.442 e. The summed E-state index contributed by atoms with van der Waals surface area (Å²) in [5.74, 6) is -2.98. The van der Waals surface area contributed by atoms with Crippen molar-refractivity contribution in [1.29, 1.82) is 0 Å². The van der Waals surface area contributed by atoms with Crippen LogP contribution >= 0.6 is 11.8 Å². The Bertz CT molecular complexity index is 281. The van der Waals surface area contributed by atoms with Crippen molar-refractivity contribution >= 4 is 23.6 Å². The van der Waals surface area contributed by atoms with Crippen LogP contribution < -0.4 is 5.32 Å². The summed E-state index contributed by atoms with van der Waals surface area (Å²) in [7, 11) is 0. The molecule has 0 radical (unpaired) electrons. The van der Waals surface area contributed by atoms with Crippen molar-refractivity contribution in [3.05, 3.63) is 0 Å². The molecule has 0 fully saturated rings. The Morgan fingerprint density at radius 2 is 1.88 bits per heavy atom. The monoisotopic (exact) mass is 273 g/mol. The first-order valence-corrected chi connectivity index (χ1v) is 5.83. The minimum absolute atomic E-state index is 0.0201. The van der Waals surface area contributed by atoms with Crippen molar-refractivity contribution in [1.82, 2.24) is 5.32 Å². The lowest BCUT2D eigenvalue weighted by atomic mass is 10.0. The van der Waals surface area contributed by atoms with E-state index in [0.29, 0.717) is 0 Å². The fourth-order valence-corrected chi connectivity index (χ4v) is 1.45. The van der Waals surface area contributed by atoms with E-state index in [1.54, 1.807) is 13.8 Å². The molecule has 0 aliphatic rings. The van der Waals surface area contributed by atoms with Crippen molar-refractivity contribution in [3.8, 4) is 0 Å². The van der Waals surface area contributed by atoms with Gasteiger partial charge >= 0.3 is 11.5 Å². The van der Waals surface area contributed by atoms with Crippen LogP contribution in [-0.2, 0) is 9.59 Å². The van der Waals surface area contributed by atoms with Gasteiger partial charge in [-0.15, -0.1) is 0 Å². The second-order valence-electron chi connectivity index (χ2n) is 3.82. The van der Waals surface area contributed by atoms with Crippen LogP contribution in [0.5, 0.6) is 0 Å². The third kappa shape index (κ3) is 8.84. The molecule has 100 valence electrons. The average molecular weight is 273 g/mol. The lowest BCUT2D eigenvalue weighted by Crippen LogP contribution is -2.42. The number of thioether (sulfide) groups is 1. The molecule has 1 amide bonds. The van der Waals surface area contributed by atoms with E-state index in [-0.39, 0.29) is 12.3 Å². The Morgan fingerprint density at radius 3 is 2.24 bits per heavy atom. The summed E-state index contributed by atoms with van der Waals surface area (Å²) >= 11 is -0.491. The number of alkyl halides is 3. The quantitative estimate of drug-likeness (QED) is 0.775. The molecule has 0 heterocycles. The number of carboxylic acid groups (broad SMARTS) is 1. The van der Waals surface area contributed by atoms with Crippen molar-refractivity contribution in [2.45, 2.75) is 31.8 Å². The minimum Gasteiger partial charge on any atom is -0.480 e. The predicted molar refractivity (Wildman–Crippen MR) is 57.5 cm³/mol. The van der Waals surface area contributed by atoms with Gasteiger partial charge in [0.1, 0.15) is 6.04 Å². The van der Waals surface area contributed by atoms with Gasteiger partial charge in [0.25, 0.3) is 0 Å². The van der Waals surface area contributed by atoms with E-state index in [2.05, 4.69) is 5.32 Å². The molecule has 0 aliphatic heterocycles. The van der Waals surface area contributed by atoms with Crippen LogP contribution in [0.15, 0.2) is 0 Å². The summed E-state index contributed by atoms with van der Waals surface area (Å²) < 4.78 is 35.4. The van der Waals surface area contributed by atoms with Gasteiger partial charge in [0.2, 0.25) is 5.91 Å². The van der Waals surface area contributed by atoms with E-state index in [0.717, 1.165) is 0 Å². The number of hydrogen-bond acceptors (Lipinski definition) is 3. The number of amides is 1. The molecule has 0 aromatic heterocycles. The maximum absolute atomic E-state index is 11.8. The molecule has 0 aromatic rings. The van der Waals surface area contributed by atoms with Gasteiger partial charge in [0.15, 0.2) is 0 Å². The van der Waals surface area contributed by atoms with Crippen LogP contribution in [0.1, 0.15) is 20.3 Å². The highest BCUT2D eigenvalue weighted by Crippen LogP contribution is 2.29. The summed E-state index contributed by atoms with van der Waals surface area (Å²) in [6.45, 7) is 3.51. The van der Waals surface area contributed by atoms with Gasteiger partial charge < -0.3 is 10.4 Å². The second kappa shape index (κ2) is 6.73. The number of carbonyl (C=O) groups excluding carboxylic acids is 1. The molecule has 0 unspecified atom stereocenters. The third-order valence-corrected chi connectivity index (χ3v) is 2.44. The highest BCUT2D eigenvalue weighted by atomic mass is 32.2. The molecule has 0 aromatic carbocycles. The second-order valence-corrected chi connectivity index (χ2v) is 4.86. The van der Waals surface area contributed by atoms with Crippen molar-refractivity contribution < 1.29 is 27.9 Å². The van der Waals surface area contributed by atoms with Gasteiger partial charge in [-0.1, -0.05) is 13.8 Å². The number of hydrogen-bond donors (Lipinski definition) is 2. The first-order chi connectivity index (χ1) is 7.61. The maximum atomic E-state index is 11.8. The van der Waals surface area contributed by atoms with Gasteiger partial charge in [-0.25, -0.2) is 4.79 Å². The predicted octanol–water partition coefficient (Wildman–Crippen LogP) is 1.85. The van der Waals surface area contributed by atoms with E-state index < -0.39 is 40.9 Å². The Morgan fingerprint density at radius 1 is 1.35 bits per heavy atom. The largest absolute Gasteiger partial charge is 0.480 e. The molecule has 0 bridgehead atoms. The third-order valence-electron chi connectivity index (χ3n) is 1.71. The number of aliphatic carboxylic acids is 1. The number of halogens is 3. The zero-order valence-corrected chi connectivity index (χ0v) is 10.2. The molecule has 8 heteroatoms. The van der Waals surface area contributed by atoms with Gasteiger partial charge in [-0.3, -0.25) is 4.79 Å². The SMILES string of the molecule is CC(C)C[C@H](NC(=O)CSC(F)(F)F)C(=O)O. The first kappa shape index (κ1) is 16.1. The van der Waals surface area contributed by atoms with Crippen LogP contribution in [0, 0.1) is 5.92 Å². The molecular formula is C9H14F3NO3S. The molecule has 17 heavy (non-hydrogen) atoms. The Labute approximate surface area is 101 Å². The molecular weight excluding hydrogens is 259 g/mol. The Kier molecular flexibility index (Phi) is 6.36. The van der Waals surface area contributed by atoms with Crippen molar-refractivity contribution in [3.63, 3.8) is 0 Å². The van der Waals surface area contributed by atoms with E-state index in [1.807, 2.05) is 0 Å². The van der Waals surface area contributed by atoms with Crippen LogP contribution in [0.3, 0.4) is 0 Å². The minimum atomic E-state index is -4.49.